The lowest BCUT2D eigenvalue weighted by molar-refractivity contribution is -0.122. The topological polar surface area (TPSA) is 49.3 Å². The van der Waals surface area contributed by atoms with Crippen LogP contribution in [0.3, 0.4) is 0 Å². The van der Waals surface area contributed by atoms with E-state index in [0.29, 0.717) is 17.4 Å². The lowest BCUT2D eigenvalue weighted by atomic mass is 9.78. The molecule has 0 radical (unpaired) electrons. The molecule has 2 aromatic carbocycles. The first-order valence-electron chi connectivity index (χ1n) is 7.73. The fraction of sp³-hybridized carbons (Fsp3) is 0.389. The summed E-state index contributed by atoms with van der Waals surface area (Å²) >= 11 is 6.15. The van der Waals surface area contributed by atoms with Crippen molar-refractivity contribution in [2.45, 2.75) is 31.7 Å². The number of carbonyl (C=O) groups is 1. The van der Waals surface area contributed by atoms with E-state index in [-0.39, 0.29) is 18.6 Å². The molecule has 116 valence electrons. The van der Waals surface area contributed by atoms with Crippen molar-refractivity contribution in [2.75, 3.05) is 6.61 Å². The summed E-state index contributed by atoms with van der Waals surface area (Å²) < 4.78 is 0. The van der Waals surface area contributed by atoms with Crippen LogP contribution in [0.25, 0.3) is 10.8 Å². The summed E-state index contributed by atoms with van der Waals surface area (Å²) in [5, 5.41) is 14.8. The molecule has 0 bridgehead atoms. The van der Waals surface area contributed by atoms with Crippen LogP contribution in [0.2, 0.25) is 5.02 Å². The third-order valence-electron chi connectivity index (χ3n) is 4.40. The quantitative estimate of drug-likeness (QED) is 0.889. The fourth-order valence-electron chi connectivity index (χ4n) is 3.22. The van der Waals surface area contributed by atoms with Crippen molar-refractivity contribution in [3.63, 3.8) is 0 Å². The number of carbonyl (C=O) groups excluding carboxylic acids is 1. The monoisotopic (exact) mass is 317 g/mol. The molecule has 0 heterocycles. The second-order valence-corrected chi connectivity index (χ2v) is 6.51. The minimum atomic E-state index is 0.0415. The van der Waals surface area contributed by atoms with Crippen molar-refractivity contribution >= 4 is 28.3 Å². The molecule has 0 saturated heterocycles. The van der Waals surface area contributed by atoms with Crippen LogP contribution in [0.4, 0.5) is 0 Å². The van der Waals surface area contributed by atoms with E-state index >= 15 is 0 Å². The highest BCUT2D eigenvalue weighted by atomic mass is 35.5. The van der Waals surface area contributed by atoms with Crippen molar-refractivity contribution in [3.05, 3.63) is 47.0 Å². The van der Waals surface area contributed by atoms with E-state index in [1.807, 2.05) is 36.4 Å². The van der Waals surface area contributed by atoms with Crippen LogP contribution in [-0.4, -0.2) is 23.7 Å². The molecule has 0 aromatic heterocycles. The van der Waals surface area contributed by atoms with Gasteiger partial charge >= 0.3 is 0 Å². The van der Waals surface area contributed by atoms with Gasteiger partial charge in [-0.05, 0) is 53.6 Å². The molecule has 3 rings (SSSR count). The second kappa shape index (κ2) is 6.67. The summed E-state index contributed by atoms with van der Waals surface area (Å²) in [5.41, 5.74) is 0.965. The Balaban J connectivity index is 1.65. The SMILES string of the molecule is O=C(Cc1cc(Cl)cc2ccccc12)NC1CC(CCO)C1. The third-order valence-corrected chi connectivity index (χ3v) is 4.62. The van der Waals surface area contributed by atoms with E-state index in [1.54, 1.807) is 0 Å². The second-order valence-electron chi connectivity index (χ2n) is 6.08. The molecule has 1 amide bonds. The number of hydrogen-bond acceptors (Lipinski definition) is 2. The Morgan fingerprint density at radius 2 is 2.05 bits per heavy atom. The van der Waals surface area contributed by atoms with E-state index in [9.17, 15) is 4.79 Å². The first kappa shape index (κ1) is 15.3. The number of amides is 1. The number of aliphatic hydroxyl groups excluding tert-OH is 1. The van der Waals surface area contributed by atoms with Gasteiger partial charge in [-0.3, -0.25) is 4.79 Å². The first-order valence-corrected chi connectivity index (χ1v) is 8.11. The Morgan fingerprint density at radius 1 is 1.27 bits per heavy atom. The highest BCUT2D eigenvalue weighted by Crippen LogP contribution is 2.30. The van der Waals surface area contributed by atoms with Crippen LogP contribution < -0.4 is 5.32 Å². The number of halogens is 1. The van der Waals surface area contributed by atoms with Crippen LogP contribution in [0, 0.1) is 5.92 Å². The molecular weight excluding hydrogens is 298 g/mol. The first-order chi connectivity index (χ1) is 10.7. The maximum atomic E-state index is 12.2. The lowest BCUT2D eigenvalue weighted by Gasteiger charge is -2.35. The van der Waals surface area contributed by atoms with Gasteiger partial charge in [0.25, 0.3) is 0 Å². The minimum absolute atomic E-state index is 0.0415. The van der Waals surface area contributed by atoms with Crippen LogP contribution in [0.15, 0.2) is 36.4 Å². The molecule has 1 aliphatic rings. The summed E-state index contributed by atoms with van der Waals surface area (Å²) in [4.78, 5) is 12.2. The molecule has 0 unspecified atom stereocenters. The Labute approximate surface area is 135 Å². The third kappa shape index (κ3) is 3.42. The number of nitrogens with one attached hydrogen (secondary N) is 1. The highest BCUT2D eigenvalue weighted by molar-refractivity contribution is 6.31. The van der Waals surface area contributed by atoms with Gasteiger partial charge in [0.15, 0.2) is 0 Å². The van der Waals surface area contributed by atoms with E-state index in [0.717, 1.165) is 35.6 Å². The largest absolute Gasteiger partial charge is 0.396 e. The van der Waals surface area contributed by atoms with Gasteiger partial charge in [-0.25, -0.2) is 0 Å². The average Bonchev–Trinajstić information content (AvgIpc) is 2.45. The van der Waals surface area contributed by atoms with Crippen LogP contribution in [-0.2, 0) is 11.2 Å². The fourth-order valence-corrected chi connectivity index (χ4v) is 3.47. The Kier molecular flexibility index (Phi) is 4.65. The van der Waals surface area contributed by atoms with Gasteiger partial charge in [0.2, 0.25) is 5.91 Å². The average molecular weight is 318 g/mol. The highest BCUT2D eigenvalue weighted by Gasteiger charge is 2.29. The van der Waals surface area contributed by atoms with E-state index in [4.69, 9.17) is 16.7 Å². The maximum absolute atomic E-state index is 12.2. The summed E-state index contributed by atoms with van der Waals surface area (Å²) in [6, 6.07) is 12.0. The predicted molar refractivity (Wildman–Crippen MR) is 89.0 cm³/mol. The molecule has 2 aromatic rings. The number of benzene rings is 2. The molecule has 0 spiro atoms. The van der Waals surface area contributed by atoms with Gasteiger partial charge in [0.05, 0.1) is 6.42 Å². The normalized spacial score (nSPS) is 20.6. The summed E-state index contributed by atoms with van der Waals surface area (Å²) in [6.07, 6.45) is 3.14. The van der Waals surface area contributed by atoms with Gasteiger partial charge in [-0.15, -0.1) is 0 Å². The Bertz CT molecular complexity index is 680. The van der Waals surface area contributed by atoms with Crippen LogP contribution in [0.1, 0.15) is 24.8 Å². The molecule has 2 N–H and O–H groups in total. The lowest BCUT2D eigenvalue weighted by Crippen LogP contribution is -2.45. The van der Waals surface area contributed by atoms with Crippen molar-refractivity contribution in [3.8, 4) is 0 Å². The zero-order valence-electron chi connectivity index (χ0n) is 12.4. The molecule has 0 aliphatic heterocycles. The van der Waals surface area contributed by atoms with Gasteiger partial charge < -0.3 is 10.4 Å². The van der Waals surface area contributed by atoms with E-state index in [1.165, 1.54) is 0 Å². The van der Waals surface area contributed by atoms with Crippen molar-refractivity contribution in [2.24, 2.45) is 5.92 Å². The van der Waals surface area contributed by atoms with Gasteiger partial charge in [0.1, 0.15) is 0 Å². The van der Waals surface area contributed by atoms with Crippen LogP contribution in [0.5, 0.6) is 0 Å². The van der Waals surface area contributed by atoms with Gasteiger partial charge in [0, 0.05) is 17.7 Å². The predicted octanol–water partition coefficient (Wildman–Crippen LogP) is 3.31. The number of aliphatic hydroxyl groups is 1. The molecule has 1 fully saturated rings. The van der Waals surface area contributed by atoms with Crippen molar-refractivity contribution < 1.29 is 9.90 Å². The van der Waals surface area contributed by atoms with E-state index in [2.05, 4.69) is 5.32 Å². The molecule has 22 heavy (non-hydrogen) atoms. The number of hydrogen-bond donors (Lipinski definition) is 2. The van der Waals surface area contributed by atoms with Crippen LogP contribution >= 0.6 is 11.6 Å². The molecular formula is C18H20ClNO2. The number of fused-ring (bicyclic) bond motifs is 1. The summed E-state index contributed by atoms with van der Waals surface area (Å²) in [7, 11) is 0. The zero-order valence-corrected chi connectivity index (χ0v) is 13.1. The standard InChI is InChI=1S/C18H20ClNO2/c19-15-9-13-3-1-2-4-17(13)14(10-15)11-18(22)20-16-7-12(8-16)5-6-21/h1-4,9-10,12,16,21H,5-8,11H2,(H,20,22). The van der Waals surface area contributed by atoms with E-state index < -0.39 is 0 Å². The smallest absolute Gasteiger partial charge is 0.224 e. The summed E-state index contributed by atoms with van der Waals surface area (Å²) in [6.45, 7) is 0.236. The van der Waals surface area contributed by atoms with Crippen molar-refractivity contribution in [1.82, 2.24) is 5.32 Å². The molecule has 1 aliphatic carbocycles. The summed E-state index contributed by atoms with van der Waals surface area (Å²) in [5.74, 6) is 0.599. The zero-order chi connectivity index (χ0) is 15.5. The molecule has 4 heteroatoms. The van der Waals surface area contributed by atoms with Gasteiger partial charge in [-0.1, -0.05) is 35.9 Å². The Hall–Kier alpha value is -1.58. The molecule has 1 saturated carbocycles. The van der Waals surface area contributed by atoms with Gasteiger partial charge in [-0.2, -0.15) is 0 Å². The molecule has 3 nitrogen and oxygen atoms in total. The maximum Gasteiger partial charge on any atom is 0.224 e. The Morgan fingerprint density at radius 3 is 2.82 bits per heavy atom. The minimum Gasteiger partial charge on any atom is -0.396 e. The number of rotatable bonds is 5. The molecule has 0 atom stereocenters. The van der Waals surface area contributed by atoms with Crippen molar-refractivity contribution in [1.29, 1.82) is 0 Å².